The van der Waals surface area contributed by atoms with Gasteiger partial charge in [-0.3, -0.25) is 4.98 Å². The molecule has 0 amide bonds. The molecule has 0 saturated heterocycles. The smallest absolute Gasteiger partial charge is 0.0438 e. The highest BCUT2D eigenvalue weighted by molar-refractivity contribution is 7.10. The van der Waals surface area contributed by atoms with Crippen LogP contribution in [0, 0.1) is 5.92 Å². The summed E-state index contributed by atoms with van der Waals surface area (Å²) in [5, 5.41) is 5.81. The van der Waals surface area contributed by atoms with E-state index in [1.54, 1.807) is 0 Å². The van der Waals surface area contributed by atoms with Crippen molar-refractivity contribution in [3.8, 4) is 0 Å². The quantitative estimate of drug-likeness (QED) is 0.857. The first-order valence-electron chi connectivity index (χ1n) is 6.43. The van der Waals surface area contributed by atoms with Crippen molar-refractivity contribution >= 4 is 11.3 Å². The second kappa shape index (κ2) is 6.66. The standard InChI is InChI=1S/C15H20N2S/c1-12(2)15(14-4-3-11-18-14)17-10-7-13-5-8-16-9-6-13/h3-6,8-9,11-12,15,17H,7,10H2,1-2H3. The summed E-state index contributed by atoms with van der Waals surface area (Å²) in [5.74, 6) is 0.612. The van der Waals surface area contributed by atoms with Crippen molar-refractivity contribution in [2.75, 3.05) is 6.54 Å². The number of rotatable bonds is 6. The summed E-state index contributed by atoms with van der Waals surface area (Å²) >= 11 is 1.83. The highest BCUT2D eigenvalue weighted by Crippen LogP contribution is 2.25. The fourth-order valence-corrected chi connectivity index (χ4v) is 3.03. The van der Waals surface area contributed by atoms with Crippen LogP contribution >= 0.6 is 11.3 Å². The molecule has 0 aliphatic carbocycles. The second-order valence-corrected chi connectivity index (χ2v) is 5.78. The van der Waals surface area contributed by atoms with Crippen LogP contribution in [0.2, 0.25) is 0 Å². The summed E-state index contributed by atoms with van der Waals surface area (Å²) in [4.78, 5) is 5.47. The minimum Gasteiger partial charge on any atom is -0.309 e. The predicted octanol–water partition coefficient (Wildman–Crippen LogP) is 3.67. The van der Waals surface area contributed by atoms with E-state index < -0.39 is 0 Å². The van der Waals surface area contributed by atoms with Crippen LogP contribution in [0.25, 0.3) is 0 Å². The van der Waals surface area contributed by atoms with Gasteiger partial charge in [0.05, 0.1) is 0 Å². The van der Waals surface area contributed by atoms with E-state index in [9.17, 15) is 0 Å². The van der Waals surface area contributed by atoms with E-state index in [4.69, 9.17) is 0 Å². The Bertz CT molecular complexity index is 437. The molecule has 3 heteroatoms. The average molecular weight is 260 g/mol. The largest absolute Gasteiger partial charge is 0.309 e. The van der Waals surface area contributed by atoms with E-state index in [2.05, 4.69) is 53.8 Å². The molecule has 18 heavy (non-hydrogen) atoms. The van der Waals surface area contributed by atoms with Crippen LogP contribution in [0.5, 0.6) is 0 Å². The Hall–Kier alpha value is -1.19. The van der Waals surface area contributed by atoms with E-state index in [-0.39, 0.29) is 0 Å². The first kappa shape index (κ1) is 13.2. The van der Waals surface area contributed by atoms with Gasteiger partial charge in [0, 0.05) is 23.3 Å². The first-order chi connectivity index (χ1) is 8.77. The number of nitrogens with one attached hydrogen (secondary N) is 1. The van der Waals surface area contributed by atoms with Gasteiger partial charge >= 0.3 is 0 Å². The number of pyridine rings is 1. The van der Waals surface area contributed by atoms with Gasteiger partial charge < -0.3 is 5.32 Å². The third-order valence-corrected chi connectivity index (χ3v) is 4.00. The lowest BCUT2D eigenvalue weighted by atomic mass is 10.0. The van der Waals surface area contributed by atoms with Crippen LogP contribution in [0.4, 0.5) is 0 Å². The molecule has 0 fully saturated rings. The fraction of sp³-hybridized carbons (Fsp3) is 0.400. The Labute approximate surface area is 113 Å². The Balaban J connectivity index is 1.87. The lowest BCUT2D eigenvalue weighted by Crippen LogP contribution is -2.27. The van der Waals surface area contributed by atoms with Gasteiger partial charge in [-0.1, -0.05) is 19.9 Å². The maximum atomic E-state index is 4.04. The molecule has 2 aromatic rings. The summed E-state index contributed by atoms with van der Waals surface area (Å²) < 4.78 is 0. The summed E-state index contributed by atoms with van der Waals surface area (Å²) in [6.07, 6.45) is 4.76. The number of nitrogens with zero attached hydrogens (tertiary/aromatic N) is 1. The molecule has 2 rings (SSSR count). The van der Waals surface area contributed by atoms with Crippen molar-refractivity contribution in [3.05, 3.63) is 52.5 Å². The molecular weight excluding hydrogens is 240 g/mol. The van der Waals surface area contributed by atoms with Gasteiger partial charge in [0.2, 0.25) is 0 Å². The molecule has 2 heterocycles. The van der Waals surface area contributed by atoms with Gasteiger partial charge in [-0.15, -0.1) is 11.3 Å². The molecule has 0 aliphatic heterocycles. The molecule has 0 saturated carbocycles. The molecule has 96 valence electrons. The van der Waals surface area contributed by atoms with Gasteiger partial charge in [-0.05, 0) is 48.0 Å². The van der Waals surface area contributed by atoms with Crippen LogP contribution in [-0.4, -0.2) is 11.5 Å². The summed E-state index contributed by atoms with van der Waals surface area (Å²) in [5.41, 5.74) is 1.34. The molecule has 1 N–H and O–H groups in total. The Morgan fingerprint density at radius 3 is 2.61 bits per heavy atom. The first-order valence-corrected chi connectivity index (χ1v) is 7.31. The van der Waals surface area contributed by atoms with Crippen molar-refractivity contribution in [2.24, 2.45) is 5.92 Å². The third kappa shape index (κ3) is 3.65. The normalized spacial score (nSPS) is 12.8. The molecule has 0 bridgehead atoms. The molecule has 0 aliphatic rings. The molecule has 0 aromatic carbocycles. The monoisotopic (exact) mass is 260 g/mol. The maximum absolute atomic E-state index is 4.04. The zero-order valence-electron chi connectivity index (χ0n) is 11.0. The Morgan fingerprint density at radius 1 is 1.22 bits per heavy atom. The van der Waals surface area contributed by atoms with Crippen LogP contribution in [0.15, 0.2) is 42.0 Å². The Kier molecular flexibility index (Phi) is 4.90. The van der Waals surface area contributed by atoms with Gasteiger partial charge in [-0.2, -0.15) is 0 Å². The van der Waals surface area contributed by atoms with E-state index in [1.807, 2.05) is 23.7 Å². The van der Waals surface area contributed by atoms with Crippen molar-refractivity contribution in [1.29, 1.82) is 0 Å². The van der Waals surface area contributed by atoms with Crippen LogP contribution in [0.3, 0.4) is 0 Å². The lowest BCUT2D eigenvalue weighted by Gasteiger charge is -2.21. The molecule has 1 unspecified atom stereocenters. The molecule has 1 atom stereocenters. The highest BCUT2D eigenvalue weighted by Gasteiger charge is 2.15. The SMILES string of the molecule is CC(C)C(NCCc1ccncc1)c1cccs1. The highest BCUT2D eigenvalue weighted by atomic mass is 32.1. The van der Waals surface area contributed by atoms with Crippen molar-refractivity contribution < 1.29 is 0 Å². The molecule has 0 radical (unpaired) electrons. The molecular formula is C15H20N2S. The Morgan fingerprint density at radius 2 is 2.00 bits per heavy atom. The number of thiophene rings is 1. The maximum Gasteiger partial charge on any atom is 0.0438 e. The van der Waals surface area contributed by atoms with Gasteiger partial charge in [0.25, 0.3) is 0 Å². The lowest BCUT2D eigenvalue weighted by molar-refractivity contribution is 0.420. The number of hydrogen-bond donors (Lipinski definition) is 1. The summed E-state index contributed by atoms with van der Waals surface area (Å²) in [6, 6.07) is 8.97. The van der Waals surface area contributed by atoms with E-state index in [0.717, 1.165) is 13.0 Å². The van der Waals surface area contributed by atoms with Crippen molar-refractivity contribution in [2.45, 2.75) is 26.3 Å². The third-order valence-electron chi connectivity index (χ3n) is 3.04. The zero-order chi connectivity index (χ0) is 12.8. The number of hydrogen-bond acceptors (Lipinski definition) is 3. The van der Waals surface area contributed by atoms with Crippen LogP contribution in [0.1, 0.15) is 30.3 Å². The van der Waals surface area contributed by atoms with Crippen molar-refractivity contribution in [1.82, 2.24) is 10.3 Å². The molecule has 2 aromatic heterocycles. The van der Waals surface area contributed by atoms with Crippen LogP contribution in [-0.2, 0) is 6.42 Å². The topological polar surface area (TPSA) is 24.9 Å². The van der Waals surface area contributed by atoms with Crippen molar-refractivity contribution in [3.63, 3.8) is 0 Å². The molecule has 2 nitrogen and oxygen atoms in total. The van der Waals surface area contributed by atoms with Gasteiger partial charge in [0.1, 0.15) is 0 Å². The summed E-state index contributed by atoms with van der Waals surface area (Å²) in [6.45, 7) is 5.54. The van der Waals surface area contributed by atoms with Crippen LogP contribution < -0.4 is 5.32 Å². The average Bonchev–Trinajstić information content (AvgIpc) is 2.89. The van der Waals surface area contributed by atoms with E-state index in [1.165, 1.54) is 10.4 Å². The zero-order valence-corrected chi connectivity index (χ0v) is 11.8. The fourth-order valence-electron chi connectivity index (χ4n) is 2.05. The second-order valence-electron chi connectivity index (χ2n) is 4.80. The van der Waals surface area contributed by atoms with Gasteiger partial charge in [0.15, 0.2) is 0 Å². The predicted molar refractivity (Wildman–Crippen MR) is 77.8 cm³/mol. The number of aromatic nitrogens is 1. The minimum absolute atomic E-state index is 0.465. The summed E-state index contributed by atoms with van der Waals surface area (Å²) in [7, 11) is 0. The minimum atomic E-state index is 0.465. The van der Waals surface area contributed by atoms with E-state index in [0.29, 0.717) is 12.0 Å². The molecule has 0 spiro atoms. The van der Waals surface area contributed by atoms with E-state index >= 15 is 0 Å². The van der Waals surface area contributed by atoms with Gasteiger partial charge in [-0.25, -0.2) is 0 Å².